The fraction of sp³-hybridized carbons (Fsp3) is 0.368. The van der Waals surface area contributed by atoms with Gasteiger partial charge in [0.1, 0.15) is 5.76 Å². The van der Waals surface area contributed by atoms with Gasteiger partial charge in [0.25, 0.3) is 5.56 Å². The average molecular weight is 370 g/mol. The number of fused-ring (bicyclic) bond motifs is 1. The molecule has 1 aromatic carbocycles. The molecule has 0 radical (unpaired) electrons. The van der Waals surface area contributed by atoms with E-state index in [0.717, 1.165) is 10.9 Å². The van der Waals surface area contributed by atoms with Gasteiger partial charge < -0.3 is 14.6 Å². The fourth-order valence-corrected chi connectivity index (χ4v) is 2.92. The number of methoxy groups -OCH3 is 1. The van der Waals surface area contributed by atoms with E-state index in [2.05, 4.69) is 15.6 Å². The lowest BCUT2D eigenvalue weighted by molar-refractivity contribution is -0.120. The minimum absolute atomic E-state index is 0.162. The third kappa shape index (κ3) is 4.06. The van der Waals surface area contributed by atoms with E-state index in [9.17, 15) is 9.59 Å². The number of rotatable bonds is 7. The second-order valence-electron chi connectivity index (χ2n) is 6.27. The Hall–Kier alpha value is -3.00. The van der Waals surface area contributed by atoms with Crippen LogP contribution in [-0.2, 0) is 29.0 Å². The number of benzene rings is 1. The van der Waals surface area contributed by atoms with E-state index in [0.29, 0.717) is 35.7 Å². The quantitative estimate of drug-likeness (QED) is 0.677. The summed E-state index contributed by atoms with van der Waals surface area (Å²) in [7, 11) is 1.57. The lowest BCUT2D eigenvalue weighted by Gasteiger charge is -2.11. The molecule has 0 saturated carbocycles. The van der Waals surface area contributed by atoms with Crippen LogP contribution >= 0.6 is 0 Å². The largest absolute Gasteiger partial charge is 0.383 e. The van der Waals surface area contributed by atoms with Crippen LogP contribution in [0.25, 0.3) is 10.8 Å². The van der Waals surface area contributed by atoms with Crippen LogP contribution in [0.1, 0.15) is 22.7 Å². The van der Waals surface area contributed by atoms with Crippen LogP contribution in [-0.4, -0.2) is 34.6 Å². The second kappa shape index (κ2) is 8.13. The van der Waals surface area contributed by atoms with Crippen molar-refractivity contribution in [3.8, 4) is 0 Å². The van der Waals surface area contributed by atoms with Crippen LogP contribution in [0.2, 0.25) is 0 Å². The van der Waals surface area contributed by atoms with Crippen molar-refractivity contribution in [3.05, 3.63) is 57.3 Å². The molecule has 0 aliphatic rings. The highest BCUT2D eigenvalue weighted by Crippen LogP contribution is 2.15. The molecule has 1 amide bonds. The van der Waals surface area contributed by atoms with Crippen LogP contribution < -0.4 is 10.9 Å². The summed E-state index contributed by atoms with van der Waals surface area (Å²) in [6, 6.07) is 7.25. The highest BCUT2D eigenvalue weighted by atomic mass is 16.5. The summed E-state index contributed by atoms with van der Waals surface area (Å²) in [5.74, 6) is 0.476. The van der Waals surface area contributed by atoms with Gasteiger partial charge in [-0.25, -0.2) is 4.68 Å². The summed E-state index contributed by atoms with van der Waals surface area (Å²) in [6.07, 6.45) is 0.183. The lowest BCUT2D eigenvalue weighted by atomic mass is 10.1. The molecule has 0 fully saturated rings. The van der Waals surface area contributed by atoms with E-state index in [4.69, 9.17) is 9.26 Å². The highest BCUT2D eigenvalue weighted by Gasteiger charge is 2.15. The highest BCUT2D eigenvalue weighted by molar-refractivity contribution is 5.84. The molecule has 0 aliphatic carbocycles. The van der Waals surface area contributed by atoms with Crippen LogP contribution in [0.3, 0.4) is 0 Å². The molecular formula is C19H22N4O4. The van der Waals surface area contributed by atoms with Gasteiger partial charge in [-0.2, -0.15) is 5.10 Å². The Labute approximate surface area is 156 Å². The fourth-order valence-electron chi connectivity index (χ4n) is 2.92. The standard InChI is InChI=1S/C19H22N4O4/c1-12-16(13(2)27-22-12)10-18(24)20-11-17-14-6-4-5-7-15(14)19(25)23(21-17)8-9-26-3/h4-7H,8-11H2,1-3H3,(H,20,24). The number of hydrogen-bond acceptors (Lipinski definition) is 6. The molecule has 1 N–H and O–H groups in total. The van der Waals surface area contributed by atoms with Gasteiger partial charge >= 0.3 is 0 Å². The molecule has 27 heavy (non-hydrogen) atoms. The Kier molecular flexibility index (Phi) is 5.66. The molecule has 3 rings (SSSR count). The average Bonchev–Trinajstić information content (AvgIpc) is 2.98. The van der Waals surface area contributed by atoms with Gasteiger partial charge in [0.15, 0.2) is 0 Å². The molecule has 0 atom stereocenters. The molecule has 0 spiro atoms. The van der Waals surface area contributed by atoms with Crippen molar-refractivity contribution in [1.82, 2.24) is 20.3 Å². The number of nitrogens with zero attached hydrogens (tertiary/aromatic N) is 3. The first-order chi connectivity index (χ1) is 13.0. The van der Waals surface area contributed by atoms with Crippen molar-refractivity contribution in [2.24, 2.45) is 0 Å². The zero-order chi connectivity index (χ0) is 19.4. The van der Waals surface area contributed by atoms with Crippen molar-refractivity contribution >= 4 is 16.7 Å². The number of carbonyl (C=O) groups excluding carboxylic acids is 1. The zero-order valence-corrected chi connectivity index (χ0v) is 15.6. The molecule has 142 valence electrons. The smallest absolute Gasteiger partial charge is 0.274 e. The van der Waals surface area contributed by atoms with Crippen molar-refractivity contribution in [2.45, 2.75) is 33.4 Å². The summed E-state index contributed by atoms with van der Waals surface area (Å²) in [4.78, 5) is 24.9. The van der Waals surface area contributed by atoms with E-state index < -0.39 is 0 Å². The molecule has 8 nitrogen and oxygen atoms in total. The number of hydrogen-bond donors (Lipinski definition) is 1. The van der Waals surface area contributed by atoms with Crippen LogP contribution in [0.4, 0.5) is 0 Å². The minimum atomic E-state index is -0.173. The molecule has 0 unspecified atom stereocenters. The number of nitrogens with one attached hydrogen (secondary N) is 1. The van der Waals surface area contributed by atoms with E-state index in [1.807, 2.05) is 18.2 Å². The molecular weight excluding hydrogens is 348 g/mol. The van der Waals surface area contributed by atoms with Gasteiger partial charge in [-0.3, -0.25) is 9.59 Å². The summed E-state index contributed by atoms with van der Waals surface area (Å²) >= 11 is 0. The summed E-state index contributed by atoms with van der Waals surface area (Å²) in [5.41, 5.74) is 1.96. The van der Waals surface area contributed by atoms with E-state index in [-0.39, 0.29) is 24.4 Å². The topological polar surface area (TPSA) is 99.2 Å². The van der Waals surface area contributed by atoms with Gasteiger partial charge in [0.05, 0.1) is 42.9 Å². The number of aryl methyl sites for hydroxylation is 2. The Morgan fingerprint density at radius 3 is 2.67 bits per heavy atom. The third-order valence-corrected chi connectivity index (χ3v) is 4.42. The van der Waals surface area contributed by atoms with E-state index in [1.165, 1.54) is 4.68 Å². The number of aromatic nitrogens is 3. The summed E-state index contributed by atoms with van der Waals surface area (Å²) in [6.45, 7) is 4.53. The third-order valence-electron chi connectivity index (χ3n) is 4.42. The number of amides is 1. The van der Waals surface area contributed by atoms with E-state index in [1.54, 1.807) is 27.0 Å². The Bertz CT molecular complexity index is 1000. The summed E-state index contributed by atoms with van der Waals surface area (Å²) < 4.78 is 11.5. The molecule has 3 aromatic rings. The Morgan fingerprint density at radius 1 is 1.26 bits per heavy atom. The SMILES string of the molecule is COCCn1nc(CNC(=O)Cc2c(C)noc2C)c2ccccc2c1=O. The molecule has 0 aliphatic heterocycles. The van der Waals surface area contributed by atoms with Crippen LogP contribution in [0.5, 0.6) is 0 Å². The molecule has 8 heteroatoms. The van der Waals surface area contributed by atoms with Crippen molar-refractivity contribution in [1.29, 1.82) is 0 Å². The molecule has 0 saturated heterocycles. The first-order valence-corrected chi connectivity index (χ1v) is 8.67. The Balaban J connectivity index is 1.82. The molecule has 2 heterocycles. The van der Waals surface area contributed by atoms with Gasteiger partial charge in [0, 0.05) is 18.1 Å². The Morgan fingerprint density at radius 2 is 2.00 bits per heavy atom. The predicted molar refractivity (Wildman–Crippen MR) is 99.4 cm³/mol. The lowest BCUT2D eigenvalue weighted by Crippen LogP contribution is -2.30. The number of ether oxygens (including phenoxy) is 1. The first-order valence-electron chi connectivity index (χ1n) is 8.67. The molecule has 0 bridgehead atoms. The maximum atomic E-state index is 12.6. The van der Waals surface area contributed by atoms with Gasteiger partial charge in [-0.05, 0) is 19.9 Å². The van der Waals surface area contributed by atoms with Gasteiger partial charge in [-0.1, -0.05) is 23.4 Å². The van der Waals surface area contributed by atoms with Crippen molar-refractivity contribution < 1.29 is 14.1 Å². The monoisotopic (exact) mass is 370 g/mol. The first kappa shape index (κ1) is 18.8. The second-order valence-corrected chi connectivity index (χ2v) is 6.27. The maximum absolute atomic E-state index is 12.6. The normalized spacial score (nSPS) is 11.1. The van der Waals surface area contributed by atoms with Crippen molar-refractivity contribution in [3.63, 3.8) is 0 Å². The molecule has 2 aromatic heterocycles. The predicted octanol–water partition coefficient (Wildman–Crippen LogP) is 1.51. The van der Waals surface area contributed by atoms with E-state index >= 15 is 0 Å². The van der Waals surface area contributed by atoms with Gasteiger partial charge in [0.2, 0.25) is 5.91 Å². The van der Waals surface area contributed by atoms with Crippen LogP contribution in [0, 0.1) is 13.8 Å². The number of carbonyl (C=O) groups is 1. The van der Waals surface area contributed by atoms with Gasteiger partial charge in [-0.15, -0.1) is 0 Å². The zero-order valence-electron chi connectivity index (χ0n) is 15.6. The maximum Gasteiger partial charge on any atom is 0.274 e. The van der Waals surface area contributed by atoms with Crippen LogP contribution in [0.15, 0.2) is 33.6 Å². The summed E-state index contributed by atoms with van der Waals surface area (Å²) in [5, 5.41) is 12.4. The minimum Gasteiger partial charge on any atom is -0.383 e. The van der Waals surface area contributed by atoms with Crippen molar-refractivity contribution in [2.75, 3.05) is 13.7 Å².